The van der Waals surface area contributed by atoms with Crippen molar-refractivity contribution in [1.82, 2.24) is 10.2 Å². The van der Waals surface area contributed by atoms with Crippen LogP contribution in [0.25, 0.3) is 0 Å². The molecule has 106 valence electrons. The number of hydrogen-bond acceptors (Lipinski definition) is 2. The van der Waals surface area contributed by atoms with Crippen LogP contribution in [0.5, 0.6) is 0 Å². The first-order valence-corrected chi connectivity index (χ1v) is 7.43. The molecule has 3 nitrogen and oxygen atoms in total. The van der Waals surface area contributed by atoms with Gasteiger partial charge in [-0.25, -0.2) is 0 Å². The third-order valence-corrected chi connectivity index (χ3v) is 4.65. The zero-order valence-corrected chi connectivity index (χ0v) is 12.3. The Labute approximate surface area is 120 Å². The number of fused-ring (bicyclic) bond motifs is 1. The van der Waals surface area contributed by atoms with E-state index in [4.69, 9.17) is 0 Å². The normalized spacial score (nSPS) is 20.9. The number of carbonyl (C=O) groups is 1. The lowest BCUT2D eigenvalue weighted by Crippen LogP contribution is -2.39. The SMILES string of the molecule is CC(C(=O)N(C)C1CCCc2ccccc21)=C1CNC1. The summed E-state index contributed by atoms with van der Waals surface area (Å²) in [6, 6.07) is 8.78. The minimum Gasteiger partial charge on any atom is -0.335 e. The van der Waals surface area contributed by atoms with Crippen LogP contribution in [-0.2, 0) is 11.2 Å². The molecule has 2 aliphatic rings. The molecule has 0 spiro atoms. The second-order valence-electron chi connectivity index (χ2n) is 5.86. The number of nitrogens with zero attached hydrogens (tertiary/aromatic N) is 1. The molecule has 0 bridgehead atoms. The minimum atomic E-state index is 0.184. The highest BCUT2D eigenvalue weighted by Crippen LogP contribution is 2.34. The van der Waals surface area contributed by atoms with Crippen molar-refractivity contribution in [2.75, 3.05) is 20.1 Å². The molecule has 0 saturated carbocycles. The van der Waals surface area contributed by atoms with Gasteiger partial charge < -0.3 is 10.2 Å². The quantitative estimate of drug-likeness (QED) is 0.837. The van der Waals surface area contributed by atoms with E-state index in [1.165, 1.54) is 16.7 Å². The standard InChI is InChI=1S/C17H22N2O/c1-12(14-10-18-11-14)17(20)19(2)16-9-5-7-13-6-3-4-8-15(13)16/h3-4,6,8,16,18H,5,7,9-11H2,1-2H3. The maximum atomic E-state index is 12.6. The lowest BCUT2D eigenvalue weighted by Gasteiger charge is -2.34. The number of nitrogens with one attached hydrogen (secondary N) is 1. The van der Waals surface area contributed by atoms with Crippen LogP contribution in [0.2, 0.25) is 0 Å². The topological polar surface area (TPSA) is 32.3 Å². The Morgan fingerprint density at radius 1 is 1.30 bits per heavy atom. The lowest BCUT2D eigenvalue weighted by atomic mass is 9.86. The van der Waals surface area contributed by atoms with E-state index in [9.17, 15) is 4.79 Å². The van der Waals surface area contributed by atoms with Crippen molar-refractivity contribution < 1.29 is 4.79 Å². The van der Waals surface area contributed by atoms with Crippen molar-refractivity contribution in [1.29, 1.82) is 0 Å². The first kappa shape index (κ1) is 13.4. The molecule has 1 aromatic rings. The van der Waals surface area contributed by atoms with Crippen LogP contribution in [-0.4, -0.2) is 30.9 Å². The molecule has 3 heteroatoms. The second kappa shape index (κ2) is 5.41. The van der Waals surface area contributed by atoms with E-state index in [1.807, 2.05) is 18.9 Å². The highest BCUT2D eigenvalue weighted by Gasteiger charge is 2.28. The Balaban J connectivity index is 1.85. The van der Waals surface area contributed by atoms with Gasteiger partial charge in [-0.1, -0.05) is 24.3 Å². The zero-order chi connectivity index (χ0) is 14.1. The van der Waals surface area contributed by atoms with Gasteiger partial charge in [0.2, 0.25) is 5.91 Å². The zero-order valence-electron chi connectivity index (χ0n) is 12.3. The molecule has 1 fully saturated rings. The lowest BCUT2D eigenvalue weighted by molar-refractivity contribution is -0.128. The van der Waals surface area contributed by atoms with E-state index in [1.54, 1.807) is 0 Å². The van der Waals surface area contributed by atoms with Gasteiger partial charge in [0.25, 0.3) is 0 Å². The fourth-order valence-electron chi connectivity index (χ4n) is 3.20. The Kier molecular flexibility index (Phi) is 3.62. The molecule has 1 N–H and O–H groups in total. The van der Waals surface area contributed by atoms with Crippen molar-refractivity contribution in [3.8, 4) is 0 Å². The van der Waals surface area contributed by atoms with Gasteiger partial charge in [0.1, 0.15) is 0 Å². The summed E-state index contributed by atoms with van der Waals surface area (Å²) in [4.78, 5) is 14.6. The highest BCUT2D eigenvalue weighted by atomic mass is 16.2. The van der Waals surface area contributed by atoms with Crippen molar-refractivity contribution >= 4 is 5.91 Å². The van der Waals surface area contributed by atoms with E-state index >= 15 is 0 Å². The summed E-state index contributed by atoms with van der Waals surface area (Å²) in [7, 11) is 1.95. The minimum absolute atomic E-state index is 0.184. The van der Waals surface area contributed by atoms with Gasteiger partial charge in [0.05, 0.1) is 6.04 Å². The van der Waals surface area contributed by atoms with E-state index < -0.39 is 0 Å². The van der Waals surface area contributed by atoms with Gasteiger partial charge in [0.15, 0.2) is 0 Å². The first-order valence-electron chi connectivity index (χ1n) is 7.43. The van der Waals surface area contributed by atoms with Gasteiger partial charge >= 0.3 is 0 Å². The maximum Gasteiger partial charge on any atom is 0.249 e. The van der Waals surface area contributed by atoms with E-state index in [0.29, 0.717) is 0 Å². The summed E-state index contributed by atoms with van der Waals surface area (Å²) in [5.74, 6) is 0.184. The van der Waals surface area contributed by atoms with Gasteiger partial charge in [-0.15, -0.1) is 0 Å². The summed E-state index contributed by atoms with van der Waals surface area (Å²) >= 11 is 0. The largest absolute Gasteiger partial charge is 0.335 e. The molecule has 3 rings (SSSR count). The van der Waals surface area contributed by atoms with Gasteiger partial charge in [0, 0.05) is 25.7 Å². The number of hydrogen-bond donors (Lipinski definition) is 1. The van der Waals surface area contributed by atoms with Crippen LogP contribution < -0.4 is 5.32 Å². The number of amides is 1. The molecule has 0 aromatic heterocycles. The number of rotatable bonds is 2. The van der Waals surface area contributed by atoms with Crippen molar-refractivity contribution in [3.63, 3.8) is 0 Å². The van der Waals surface area contributed by atoms with E-state index in [2.05, 4.69) is 29.6 Å². The summed E-state index contributed by atoms with van der Waals surface area (Å²) in [5.41, 5.74) is 4.92. The van der Waals surface area contributed by atoms with Crippen molar-refractivity contribution in [2.45, 2.75) is 32.2 Å². The van der Waals surface area contributed by atoms with Crippen LogP contribution in [0, 0.1) is 0 Å². The first-order chi connectivity index (χ1) is 9.68. The monoisotopic (exact) mass is 270 g/mol. The van der Waals surface area contributed by atoms with Crippen LogP contribution in [0.3, 0.4) is 0 Å². The highest BCUT2D eigenvalue weighted by molar-refractivity contribution is 5.94. The second-order valence-corrected chi connectivity index (χ2v) is 5.86. The molecule has 1 heterocycles. The molecule has 1 amide bonds. The Bertz CT molecular complexity index is 556. The fraction of sp³-hybridized carbons (Fsp3) is 0.471. The average molecular weight is 270 g/mol. The predicted molar refractivity (Wildman–Crippen MR) is 80.5 cm³/mol. The molecular formula is C17H22N2O. The fourth-order valence-corrected chi connectivity index (χ4v) is 3.20. The number of aryl methyl sites for hydroxylation is 1. The molecule has 1 atom stereocenters. The Hall–Kier alpha value is -1.61. The third kappa shape index (κ3) is 2.27. The number of carbonyl (C=O) groups excluding carboxylic acids is 1. The molecule has 1 aliphatic carbocycles. The average Bonchev–Trinajstić information content (AvgIpc) is 2.43. The van der Waals surface area contributed by atoms with Gasteiger partial charge in [-0.05, 0) is 42.9 Å². The molecule has 20 heavy (non-hydrogen) atoms. The number of benzene rings is 1. The van der Waals surface area contributed by atoms with E-state index in [-0.39, 0.29) is 11.9 Å². The Morgan fingerprint density at radius 2 is 2.05 bits per heavy atom. The van der Waals surface area contributed by atoms with Crippen LogP contribution >= 0.6 is 0 Å². The maximum absolute atomic E-state index is 12.6. The summed E-state index contributed by atoms with van der Waals surface area (Å²) in [6.07, 6.45) is 3.37. The molecule has 1 unspecified atom stereocenters. The molecule has 1 aliphatic heterocycles. The molecular weight excluding hydrogens is 248 g/mol. The van der Waals surface area contributed by atoms with Crippen molar-refractivity contribution in [3.05, 3.63) is 46.5 Å². The van der Waals surface area contributed by atoms with Gasteiger partial charge in [-0.2, -0.15) is 0 Å². The van der Waals surface area contributed by atoms with E-state index in [0.717, 1.165) is 37.9 Å². The summed E-state index contributed by atoms with van der Waals surface area (Å²) in [5, 5.41) is 3.20. The van der Waals surface area contributed by atoms with Crippen LogP contribution in [0.4, 0.5) is 0 Å². The smallest absolute Gasteiger partial charge is 0.249 e. The summed E-state index contributed by atoms with van der Waals surface area (Å²) in [6.45, 7) is 3.70. The third-order valence-electron chi connectivity index (χ3n) is 4.65. The Morgan fingerprint density at radius 3 is 2.75 bits per heavy atom. The molecule has 1 saturated heterocycles. The predicted octanol–water partition coefficient (Wildman–Crippen LogP) is 2.44. The number of likely N-dealkylation sites (N-methyl/N-ethyl adjacent to an activating group) is 1. The van der Waals surface area contributed by atoms with Gasteiger partial charge in [-0.3, -0.25) is 4.79 Å². The van der Waals surface area contributed by atoms with Crippen LogP contribution in [0.1, 0.15) is 36.9 Å². The molecule has 1 aromatic carbocycles. The van der Waals surface area contributed by atoms with Crippen molar-refractivity contribution in [2.24, 2.45) is 0 Å². The molecule has 0 radical (unpaired) electrons. The summed E-state index contributed by atoms with van der Waals surface area (Å²) < 4.78 is 0. The van der Waals surface area contributed by atoms with Crippen LogP contribution in [0.15, 0.2) is 35.4 Å².